The topological polar surface area (TPSA) is 47.4 Å². The Morgan fingerprint density at radius 3 is 2.83 bits per heavy atom. The van der Waals surface area contributed by atoms with Crippen molar-refractivity contribution < 1.29 is 9.53 Å². The van der Waals surface area contributed by atoms with Crippen molar-refractivity contribution in [3.8, 4) is 0 Å². The van der Waals surface area contributed by atoms with Gasteiger partial charge in [-0.05, 0) is 31.5 Å². The smallest absolute Gasteiger partial charge is 0.257 e. The SMILES string of the molecule is CCn1cc(C(=O)N2CCO[C@@H](c3ccc(Cl)c(Cl)c3)C2)c(C)n1. The molecule has 2 aromatic rings. The highest BCUT2D eigenvalue weighted by atomic mass is 35.5. The summed E-state index contributed by atoms with van der Waals surface area (Å²) in [6, 6.07) is 5.43. The van der Waals surface area contributed by atoms with Gasteiger partial charge in [-0.3, -0.25) is 9.48 Å². The first-order valence-corrected chi connectivity index (χ1v) is 8.65. The molecule has 3 rings (SSSR count). The summed E-state index contributed by atoms with van der Waals surface area (Å²) >= 11 is 12.1. The number of benzene rings is 1. The van der Waals surface area contributed by atoms with Crippen molar-refractivity contribution in [3.63, 3.8) is 0 Å². The lowest BCUT2D eigenvalue weighted by atomic mass is 10.1. The zero-order chi connectivity index (χ0) is 17.3. The number of aromatic nitrogens is 2. The van der Waals surface area contributed by atoms with E-state index in [9.17, 15) is 4.79 Å². The largest absolute Gasteiger partial charge is 0.370 e. The van der Waals surface area contributed by atoms with Gasteiger partial charge < -0.3 is 9.64 Å². The van der Waals surface area contributed by atoms with E-state index in [0.29, 0.717) is 35.3 Å². The van der Waals surface area contributed by atoms with Gasteiger partial charge in [0, 0.05) is 19.3 Å². The van der Waals surface area contributed by atoms with Crippen LogP contribution in [-0.4, -0.2) is 40.3 Å². The van der Waals surface area contributed by atoms with E-state index >= 15 is 0 Å². The molecule has 0 spiro atoms. The molecule has 0 saturated carbocycles. The van der Waals surface area contributed by atoms with Crippen LogP contribution in [0, 0.1) is 6.92 Å². The second-order valence-corrected chi connectivity index (χ2v) is 6.58. The van der Waals surface area contributed by atoms with Crippen molar-refractivity contribution in [2.75, 3.05) is 19.7 Å². The molecule has 2 heterocycles. The molecule has 1 fully saturated rings. The molecule has 1 aromatic carbocycles. The summed E-state index contributed by atoms with van der Waals surface area (Å²) in [5.74, 6) is -0.0134. The Morgan fingerprint density at radius 1 is 1.38 bits per heavy atom. The molecule has 1 amide bonds. The molecule has 7 heteroatoms. The maximum Gasteiger partial charge on any atom is 0.257 e. The van der Waals surface area contributed by atoms with Gasteiger partial charge in [0.15, 0.2) is 0 Å². The molecule has 1 aromatic heterocycles. The zero-order valence-electron chi connectivity index (χ0n) is 13.6. The highest BCUT2D eigenvalue weighted by Gasteiger charge is 2.28. The van der Waals surface area contributed by atoms with Gasteiger partial charge >= 0.3 is 0 Å². The summed E-state index contributed by atoms with van der Waals surface area (Å²) in [6.45, 7) is 6.12. The van der Waals surface area contributed by atoms with Gasteiger partial charge in [0.05, 0.1) is 34.5 Å². The quantitative estimate of drug-likeness (QED) is 0.830. The van der Waals surface area contributed by atoms with Gasteiger partial charge in [-0.25, -0.2) is 0 Å². The summed E-state index contributed by atoms with van der Waals surface area (Å²) in [7, 11) is 0. The van der Waals surface area contributed by atoms with Gasteiger partial charge in [0.25, 0.3) is 5.91 Å². The number of hydrogen-bond donors (Lipinski definition) is 0. The summed E-state index contributed by atoms with van der Waals surface area (Å²) in [4.78, 5) is 14.6. The van der Waals surface area contributed by atoms with Crippen LogP contribution >= 0.6 is 23.2 Å². The van der Waals surface area contributed by atoms with Crippen LogP contribution in [0.2, 0.25) is 10.0 Å². The Labute approximate surface area is 151 Å². The average molecular weight is 368 g/mol. The van der Waals surface area contributed by atoms with Crippen molar-refractivity contribution >= 4 is 29.1 Å². The van der Waals surface area contributed by atoms with Crippen molar-refractivity contribution in [2.24, 2.45) is 0 Å². The molecule has 5 nitrogen and oxygen atoms in total. The lowest BCUT2D eigenvalue weighted by Crippen LogP contribution is -2.42. The maximum atomic E-state index is 12.8. The third-order valence-electron chi connectivity index (χ3n) is 4.17. The summed E-state index contributed by atoms with van der Waals surface area (Å²) in [5, 5.41) is 5.34. The predicted molar refractivity (Wildman–Crippen MR) is 93.7 cm³/mol. The molecule has 0 radical (unpaired) electrons. The van der Waals surface area contributed by atoms with Gasteiger partial charge in [-0.1, -0.05) is 29.3 Å². The fraction of sp³-hybridized carbons (Fsp3) is 0.412. The number of ether oxygens (including phenoxy) is 1. The minimum Gasteiger partial charge on any atom is -0.370 e. The highest BCUT2D eigenvalue weighted by molar-refractivity contribution is 6.42. The molecule has 24 heavy (non-hydrogen) atoms. The molecule has 1 aliphatic rings. The number of aryl methyl sites for hydroxylation is 2. The van der Waals surface area contributed by atoms with Gasteiger partial charge in [-0.15, -0.1) is 0 Å². The van der Waals surface area contributed by atoms with Gasteiger partial charge in [0.1, 0.15) is 6.10 Å². The monoisotopic (exact) mass is 367 g/mol. The molecule has 0 aliphatic carbocycles. The number of carbonyl (C=O) groups excluding carboxylic acids is 1. The first kappa shape index (κ1) is 17.3. The molecule has 1 aliphatic heterocycles. The van der Waals surface area contributed by atoms with Crippen LogP contribution in [-0.2, 0) is 11.3 Å². The summed E-state index contributed by atoms with van der Waals surface area (Å²) in [5.41, 5.74) is 2.31. The summed E-state index contributed by atoms with van der Waals surface area (Å²) < 4.78 is 7.59. The average Bonchev–Trinajstić information content (AvgIpc) is 2.98. The Hall–Kier alpha value is -1.56. The van der Waals surface area contributed by atoms with Crippen molar-refractivity contribution in [2.45, 2.75) is 26.5 Å². The van der Waals surface area contributed by atoms with E-state index in [1.54, 1.807) is 27.9 Å². The third-order valence-corrected chi connectivity index (χ3v) is 4.91. The minimum absolute atomic E-state index is 0.0134. The van der Waals surface area contributed by atoms with E-state index in [1.807, 2.05) is 19.9 Å². The van der Waals surface area contributed by atoms with E-state index in [4.69, 9.17) is 27.9 Å². The minimum atomic E-state index is -0.209. The van der Waals surface area contributed by atoms with Crippen LogP contribution in [0.15, 0.2) is 24.4 Å². The molecule has 0 N–H and O–H groups in total. The van der Waals surface area contributed by atoms with Crippen LogP contribution in [0.5, 0.6) is 0 Å². The standard InChI is InChI=1S/C17H19Cl2N3O2/c1-3-22-9-13(11(2)20-22)17(23)21-6-7-24-16(10-21)12-4-5-14(18)15(19)8-12/h4-5,8-9,16H,3,6-7,10H2,1-2H3/t16-/m1/s1. The number of amides is 1. The number of rotatable bonds is 3. The van der Waals surface area contributed by atoms with Crippen LogP contribution in [0.4, 0.5) is 0 Å². The van der Waals surface area contributed by atoms with E-state index in [1.165, 1.54) is 0 Å². The lowest BCUT2D eigenvalue weighted by molar-refractivity contribution is -0.0228. The van der Waals surface area contributed by atoms with Gasteiger partial charge in [-0.2, -0.15) is 5.10 Å². The Kier molecular flexibility index (Phi) is 5.13. The molecule has 1 atom stereocenters. The molecular weight excluding hydrogens is 349 g/mol. The lowest BCUT2D eigenvalue weighted by Gasteiger charge is -2.33. The van der Waals surface area contributed by atoms with Crippen molar-refractivity contribution in [1.82, 2.24) is 14.7 Å². The molecule has 0 unspecified atom stereocenters. The van der Waals surface area contributed by atoms with E-state index in [0.717, 1.165) is 17.8 Å². The number of nitrogens with zero attached hydrogens (tertiary/aromatic N) is 3. The molecule has 128 valence electrons. The predicted octanol–water partition coefficient (Wildman–Crippen LogP) is 3.73. The number of halogens is 2. The Morgan fingerprint density at radius 2 is 2.17 bits per heavy atom. The first-order valence-electron chi connectivity index (χ1n) is 7.89. The molecular formula is C17H19Cl2N3O2. The van der Waals surface area contributed by atoms with Crippen LogP contribution in [0.1, 0.15) is 34.6 Å². The van der Waals surface area contributed by atoms with E-state index < -0.39 is 0 Å². The second-order valence-electron chi connectivity index (χ2n) is 5.77. The van der Waals surface area contributed by atoms with Crippen molar-refractivity contribution in [3.05, 3.63) is 51.3 Å². The first-order chi connectivity index (χ1) is 11.5. The Balaban J connectivity index is 1.78. The normalized spacial score (nSPS) is 18.0. The Bertz CT molecular complexity index is 760. The number of hydrogen-bond acceptors (Lipinski definition) is 3. The fourth-order valence-corrected chi connectivity index (χ4v) is 3.11. The van der Waals surface area contributed by atoms with Crippen LogP contribution < -0.4 is 0 Å². The van der Waals surface area contributed by atoms with Crippen LogP contribution in [0.3, 0.4) is 0 Å². The number of carbonyl (C=O) groups is 1. The van der Waals surface area contributed by atoms with E-state index in [-0.39, 0.29) is 12.0 Å². The van der Waals surface area contributed by atoms with E-state index in [2.05, 4.69) is 5.10 Å². The maximum absolute atomic E-state index is 12.8. The second kappa shape index (κ2) is 7.13. The summed E-state index contributed by atoms with van der Waals surface area (Å²) in [6.07, 6.45) is 1.60. The third kappa shape index (κ3) is 3.43. The fourth-order valence-electron chi connectivity index (χ4n) is 2.81. The zero-order valence-corrected chi connectivity index (χ0v) is 15.1. The molecule has 1 saturated heterocycles. The van der Waals surface area contributed by atoms with Crippen molar-refractivity contribution in [1.29, 1.82) is 0 Å². The van der Waals surface area contributed by atoms with Crippen LogP contribution in [0.25, 0.3) is 0 Å². The van der Waals surface area contributed by atoms with Gasteiger partial charge in [0.2, 0.25) is 0 Å². The number of morpholine rings is 1. The molecule has 0 bridgehead atoms. The highest BCUT2D eigenvalue weighted by Crippen LogP contribution is 2.29.